The van der Waals surface area contributed by atoms with Crippen molar-refractivity contribution in [3.63, 3.8) is 0 Å². The summed E-state index contributed by atoms with van der Waals surface area (Å²) in [4.78, 5) is 18.6. The predicted molar refractivity (Wildman–Crippen MR) is 77.6 cm³/mol. The van der Waals surface area contributed by atoms with Crippen LogP contribution < -0.4 is 5.56 Å². The van der Waals surface area contributed by atoms with Gasteiger partial charge in [-0.1, -0.05) is 31.5 Å². The molecule has 1 N–H and O–H groups in total. The van der Waals surface area contributed by atoms with Gasteiger partial charge in [0.1, 0.15) is 11.6 Å². The first-order valence-corrected chi connectivity index (χ1v) is 6.85. The van der Waals surface area contributed by atoms with Crippen LogP contribution in [0.4, 0.5) is 4.39 Å². The van der Waals surface area contributed by atoms with Gasteiger partial charge in [-0.3, -0.25) is 4.79 Å². The first kappa shape index (κ1) is 14.7. The molecular weight excluding hydrogens is 279 g/mol. The zero-order chi connectivity index (χ0) is 14.7. The van der Waals surface area contributed by atoms with E-state index in [0.29, 0.717) is 34.4 Å². The van der Waals surface area contributed by atoms with Crippen molar-refractivity contribution in [1.29, 1.82) is 0 Å². The van der Waals surface area contributed by atoms with E-state index in [-0.39, 0.29) is 12.0 Å². The Balaban J connectivity index is 2.34. The number of aromatic nitrogens is 2. The Labute approximate surface area is 121 Å². The highest BCUT2D eigenvalue weighted by atomic mass is 35.5. The standard InChI is InChI=1S/C15H16ClFN2O/c1-9(2)6-10-7-15(20)19-14(18-10)8-11-12(16)4-3-5-13(11)17/h3-5,7,9H,6,8H2,1-2H3,(H,18,19,20). The molecule has 0 amide bonds. The molecule has 5 heteroatoms. The molecule has 0 bridgehead atoms. The van der Waals surface area contributed by atoms with E-state index in [1.807, 2.05) is 0 Å². The van der Waals surface area contributed by atoms with Crippen molar-refractivity contribution in [2.24, 2.45) is 5.92 Å². The first-order chi connectivity index (χ1) is 9.45. The van der Waals surface area contributed by atoms with E-state index in [2.05, 4.69) is 23.8 Å². The Morgan fingerprint density at radius 2 is 2.15 bits per heavy atom. The summed E-state index contributed by atoms with van der Waals surface area (Å²) in [7, 11) is 0. The zero-order valence-corrected chi connectivity index (χ0v) is 12.2. The van der Waals surface area contributed by atoms with Gasteiger partial charge in [-0.05, 0) is 24.5 Å². The SMILES string of the molecule is CC(C)Cc1cc(=O)[nH]c(Cc2c(F)cccc2Cl)n1. The Morgan fingerprint density at radius 1 is 1.40 bits per heavy atom. The minimum Gasteiger partial charge on any atom is -0.310 e. The topological polar surface area (TPSA) is 45.8 Å². The summed E-state index contributed by atoms with van der Waals surface area (Å²) >= 11 is 5.98. The lowest BCUT2D eigenvalue weighted by molar-refractivity contribution is 0.609. The summed E-state index contributed by atoms with van der Waals surface area (Å²) in [6.45, 7) is 4.10. The van der Waals surface area contributed by atoms with Crippen LogP contribution in [0.5, 0.6) is 0 Å². The number of nitrogens with one attached hydrogen (secondary N) is 1. The second-order valence-corrected chi connectivity index (χ2v) is 5.57. The lowest BCUT2D eigenvalue weighted by atomic mass is 10.1. The molecule has 20 heavy (non-hydrogen) atoms. The summed E-state index contributed by atoms with van der Waals surface area (Å²) < 4.78 is 13.7. The van der Waals surface area contributed by atoms with Gasteiger partial charge in [-0.25, -0.2) is 9.37 Å². The molecule has 0 aliphatic carbocycles. The molecule has 106 valence electrons. The number of halogens is 2. The minimum atomic E-state index is -0.394. The molecule has 0 saturated heterocycles. The van der Waals surface area contributed by atoms with Gasteiger partial charge in [0.2, 0.25) is 0 Å². The third-order valence-corrected chi connectivity index (χ3v) is 3.22. The van der Waals surface area contributed by atoms with Crippen LogP contribution in [0.3, 0.4) is 0 Å². The number of H-pyrrole nitrogens is 1. The van der Waals surface area contributed by atoms with E-state index in [1.165, 1.54) is 12.1 Å². The highest BCUT2D eigenvalue weighted by Gasteiger charge is 2.10. The summed E-state index contributed by atoms with van der Waals surface area (Å²) in [5.74, 6) is 0.434. The maximum atomic E-state index is 13.7. The van der Waals surface area contributed by atoms with Gasteiger partial charge in [0.15, 0.2) is 0 Å². The molecule has 0 fully saturated rings. The Kier molecular flexibility index (Phi) is 4.55. The van der Waals surface area contributed by atoms with Crippen molar-refractivity contribution < 1.29 is 4.39 Å². The quantitative estimate of drug-likeness (QED) is 0.940. The average Bonchev–Trinajstić information content (AvgIpc) is 2.32. The van der Waals surface area contributed by atoms with Crippen molar-refractivity contribution in [3.05, 3.63) is 62.5 Å². The maximum Gasteiger partial charge on any atom is 0.251 e. The van der Waals surface area contributed by atoms with Gasteiger partial charge < -0.3 is 4.98 Å². The van der Waals surface area contributed by atoms with Crippen LogP contribution in [0.2, 0.25) is 5.02 Å². The summed E-state index contributed by atoms with van der Waals surface area (Å²) in [5, 5.41) is 0.335. The Bertz CT molecular complexity index is 647. The lowest BCUT2D eigenvalue weighted by Gasteiger charge is -2.08. The molecule has 0 unspecified atom stereocenters. The molecular formula is C15H16ClFN2O. The number of benzene rings is 1. The Morgan fingerprint density at radius 3 is 2.80 bits per heavy atom. The van der Waals surface area contributed by atoms with E-state index >= 15 is 0 Å². The van der Waals surface area contributed by atoms with Crippen LogP contribution in [0, 0.1) is 11.7 Å². The van der Waals surface area contributed by atoms with Crippen molar-refractivity contribution in [3.8, 4) is 0 Å². The maximum absolute atomic E-state index is 13.7. The smallest absolute Gasteiger partial charge is 0.251 e. The van der Waals surface area contributed by atoms with Gasteiger partial charge in [-0.2, -0.15) is 0 Å². The monoisotopic (exact) mass is 294 g/mol. The molecule has 0 saturated carbocycles. The van der Waals surface area contributed by atoms with Gasteiger partial charge >= 0.3 is 0 Å². The fraction of sp³-hybridized carbons (Fsp3) is 0.333. The Hall–Kier alpha value is -1.68. The second-order valence-electron chi connectivity index (χ2n) is 5.16. The summed E-state index contributed by atoms with van der Waals surface area (Å²) in [6, 6.07) is 5.99. The molecule has 2 rings (SSSR count). The van der Waals surface area contributed by atoms with E-state index in [1.54, 1.807) is 12.1 Å². The number of rotatable bonds is 4. The van der Waals surface area contributed by atoms with E-state index in [0.717, 1.165) is 0 Å². The van der Waals surface area contributed by atoms with Crippen LogP contribution in [0.15, 0.2) is 29.1 Å². The van der Waals surface area contributed by atoms with Crippen molar-refractivity contribution in [1.82, 2.24) is 9.97 Å². The number of aromatic amines is 1. The number of nitrogens with zero attached hydrogens (tertiary/aromatic N) is 1. The van der Waals surface area contributed by atoms with Crippen LogP contribution in [0.25, 0.3) is 0 Å². The summed E-state index contributed by atoms with van der Waals surface area (Å²) in [5.41, 5.74) is 0.836. The van der Waals surface area contributed by atoms with Gasteiger partial charge in [0.25, 0.3) is 5.56 Å². The molecule has 0 atom stereocenters. The van der Waals surface area contributed by atoms with Crippen LogP contribution in [-0.2, 0) is 12.8 Å². The minimum absolute atomic E-state index is 0.173. The molecule has 3 nitrogen and oxygen atoms in total. The fourth-order valence-electron chi connectivity index (χ4n) is 2.04. The zero-order valence-electron chi connectivity index (χ0n) is 11.4. The predicted octanol–water partition coefficient (Wildman–Crippen LogP) is 3.35. The molecule has 0 spiro atoms. The van der Waals surface area contributed by atoms with E-state index in [9.17, 15) is 9.18 Å². The highest BCUT2D eigenvalue weighted by Crippen LogP contribution is 2.21. The fourth-order valence-corrected chi connectivity index (χ4v) is 2.27. The lowest BCUT2D eigenvalue weighted by Crippen LogP contribution is -2.14. The first-order valence-electron chi connectivity index (χ1n) is 6.47. The normalized spacial score (nSPS) is 11.1. The molecule has 1 aromatic heterocycles. The van der Waals surface area contributed by atoms with E-state index < -0.39 is 5.82 Å². The van der Waals surface area contributed by atoms with Gasteiger partial charge in [0, 0.05) is 28.8 Å². The molecule has 1 heterocycles. The van der Waals surface area contributed by atoms with Gasteiger partial charge in [-0.15, -0.1) is 0 Å². The molecule has 2 aromatic rings. The highest BCUT2D eigenvalue weighted by molar-refractivity contribution is 6.31. The van der Waals surface area contributed by atoms with Crippen molar-refractivity contribution in [2.75, 3.05) is 0 Å². The molecule has 0 radical (unpaired) electrons. The van der Waals surface area contributed by atoms with Crippen LogP contribution in [-0.4, -0.2) is 9.97 Å². The third kappa shape index (κ3) is 3.67. The van der Waals surface area contributed by atoms with E-state index in [4.69, 9.17) is 11.6 Å². The molecule has 0 aliphatic rings. The van der Waals surface area contributed by atoms with Crippen molar-refractivity contribution >= 4 is 11.6 Å². The van der Waals surface area contributed by atoms with Crippen molar-refractivity contribution in [2.45, 2.75) is 26.7 Å². The molecule has 1 aromatic carbocycles. The third-order valence-electron chi connectivity index (χ3n) is 2.87. The molecule has 0 aliphatic heterocycles. The average molecular weight is 295 g/mol. The number of hydrogen-bond acceptors (Lipinski definition) is 2. The van der Waals surface area contributed by atoms with Crippen LogP contribution >= 0.6 is 11.6 Å². The summed E-state index contributed by atoms with van der Waals surface area (Å²) in [6.07, 6.45) is 0.884. The largest absolute Gasteiger partial charge is 0.310 e. The second kappa shape index (κ2) is 6.18. The van der Waals surface area contributed by atoms with Crippen LogP contribution in [0.1, 0.15) is 30.9 Å². The van der Waals surface area contributed by atoms with Gasteiger partial charge in [0.05, 0.1) is 0 Å². The number of hydrogen-bond donors (Lipinski definition) is 1.